The molecule has 9 heteroatoms. The molecule has 2 atom stereocenters. The molecule has 2 aromatic heterocycles. The van der Waals surface area contributed by atoms with Gasteiger partial charge in [-0.1, -0.05) is 31.2 Å². The lowest BCUT2D eigenvalue weighted by Crippen LogP contribution is -2.38. The Bertz CT molecular complexity index is 1070. The van der Waals surface area contributed by atoms with Crippen LogP contribution >= 0.6 is 11.3 Å². The van der Waals surface area contributed by atoms with Crippen molar-refractivity contribution in [1.82, 2.24) is 24.9 Å². The van der Waals surface area contributed by atoms with E-state index in [1.807, 2.05) is 5.38 Å². The Morgan fingerprint density at radius 3 is 2.79 bits per heavy atom. The second-order valence-electron chi connectivity index (χ2n) is 7.90. The Hall–Kier alpha value is -2.65. The van der Waals surface area contributed by atoms with Crippen LogP contribution in [0.2, 0.25) is 0 Å². The molecule has 1 saturated heterocycles. The summed E-state index contributed by atoms with van der Waals surface area (Å²) < 4.78 is 1.07. The van der Waals surface area contributed by atoms with E-state index in [1.165, 1.54) is 17.8 Å². The minimum atomic E-state index is -0.349. The van der Waals surface area contributed by atoms with E-state index in [0.29, 0.717) is 27.9 Å². The molecule has 1 amide bonds. The first kappa shape index (κ1) is 19.7. The van der Waals surface area contributed by atoms with Crippen molar-refractivity contribution in [3.05, 3.63) is 45.7 Å². The number of benzene rings is 1. The van der Waals surface area contributed by atoms with Crippen molar-refractivity contribution in [3.63, 3.8) is 0 Å². The highest BCUT2D eigenvalue weighted by Crippen LogP contribution is 2.24. The lowest BCUT2D eigenvalue weighted by atomic mass is 9.92. The van der Waals surface area contributed by atoms with Gasteiger partial charge in [0.2, 0.25) is 5.91 Å². The molecule has 4 rings (SSSR count). The van der Waals surface area contributed by atoms with E-state index in [4.69, 9.17) is 0 Å². The van der Waals surface area contributed by atoms with E-state index in [2.05, 4.69) is 39.4 Å². The van der Waals surface area contributed by atoms with E-state index in [9.17, 15) is 9.59 Å². The Balaban J connectivity index is 1.38. The average Bonchev–Trinajstić information content (AvgIpc) is 3.10. The van der Waals surface area contributed by atoms with Crippen LogP contribution in [0, 0.1) is 11.8 Å². The van der Waals surface area contributed by atoms with Gasteiger partial charge >= 0.3 is 0 Å². The molecule has 29 heavy (non-hydrogen) atoms. The zero-order chi connectivity index (χ0) is 20.4. The number of carbonyl (C=O) groups excluding carboxylic acids is 1. The van der Waals surface area contributed by atoms with E-state index in [1.54, 1.807) is 24.3 Å². The van der Waals surface area contributed by atoms with Gasteiger partial charge in [-0.2, -0.15) is 0 Å². The topological polar surface area (TPSA) is 93.0 Å². The SMILES string of the molecule is C[C@H]1C[C@H](C)CN(Cc2csc(NC(=O)Cn3nnc4ccccc4c3=O)n2)C1. The van der Waals surface area contributed by atoms with Crippen LogP contribution in [0.5, 0.6) is 0 Å². The number of nitrogens with zero attached hydrogens (tertiary/aromatic N) is 5. The molecule has 0 unspecified atom stereocenters. The molecule has 1 aromatic carbocycles. The first-order valence-corrected chi connectivity index (χ1v) is 10.6. The molecule has 1 aliphatic rings. The van der Waals surface area contributed by atoms with Crippen molar-refractivity contribution in [1.29, 1.82) is 0 Å². The van der Waals surface area contributed by atoms with Gasteiger partial charge in [-0.15, -0.1) is 16.4 Å². The molecule has 8 nitrogen and oxygen atoms in total. The highest BCUT2D eigenvalue weighted by molar-refractivity contribution is 7.13. The van der Waals surface area contributed by atoms with Crippen molar-refractivity contribution < 1.29 is 4.79 Å². The van der Waals surface area contributed by atoms with Crippen molar-refractivity contribution in [3.8, 4) is 0 Å². The van der Waals surface area contributed by atoms with Crippen LogP contribution < -0.4 is 10.9 Å². The molecular formula is C20H24N6O2S. The van der Waals surface area contributed by atoms with Gasteiger partial charge in [0.15, 0.2) is 5.13 Å². The summed E-state index contributed by atoms with van der Waals surface area (Å²) in [6, 6.07) is 6.95. The number of likely N-dealkylation sites (tertiary alicyclic amines) is 1. The second-order valence-corrected chi connectivity index (χ2v) is 8.76. The number of rotatable bonds is 5. The molecule has 1 fully saturated rings. The predicted octanol–water partition coefficient (Wildman–Crippen LogP) is 2.36. The molecular weight excluding hydrogens is 388 g/mol. The molecule has 1 N–H and O–H groups in total. The Kier molecular flexibility index (Phi) is 5.68. The average molecular weight is 413 g/mol. The number of hydrogen-bond donors (Lipinski definition) is 1. The maximum absolute atomic E-state index is 12.5. The van der Waals surface area contributed by atoms with Gasteiger partial charge in [0.05, 0.1) is 11.1 Å². The van der Waals surface area contributed by atoms with Crippen molar-refractivity contribution in [2.24, 2.45) is 11.8 Å². The summed E-state index contributed by atoms with van der Waals surface area (Å²) in [6.45, 7) is 7.31. The third-order valence-electron chi connectivity index (χ3n) is 5.05. The largest absolute Gasteiger partial charge is 0.300 e. The fourth-order valence-corrected chi connectivity index (χ4v) is 4.73. The van der Waals surface area contributed by atoms with Gasteiger partial charge in [0.25, 0.3) is 5.56 Å². The van der Waals surface area contributed by atoms with Gasteiger partial charge in [0.1, 0.15) is 12.1 Å². The summed E-state index contributed by atoms with van der Waals surface area (Å²) in [5.74, 6) is 1.04. The first-order valence-electron chi connectivity index (χ1n) is 9.77. The normalized spacial score (nSPS) is 20.1. The summed E-state index contributed by atoms with van der Waals surface area (Å²) in [6.07, 6.45) is 1.27. The molecule has 3 aromatic rings. The van der Waals surface area contributed by atoms with Crippen molar-refractivity contribution in [2.75, 3.05) is 18.4 Å². The van der Waals surface area contributed by atoms with Gasteiger partial charge in [-0.05, 0) is 30.4 Å². The minimum Gasteiger partial charge on any atom is -0.300 e. The zero-order valence-electron chi connectivity index (χ0n) is 16.5. The van der Waals surface area contributed by atoms with Crippen molar-refractivity contribution in [2.45, 2.75) is 33.4 Å². The monoisotopic (exact) mass is 412 g/mol. The van der Waals surface area contributed by atoms with Crippen LogP contribution in [-0.4, -0.2) is 43.9 Å². The number of aromatic nitrogens is 4. The van der Waals surface area contributed by atoms with Crippen LogP contribution in [0.15, 0.2) is 34.4 Å². The second kappa shape index (κ2) is 8.38. The lowest BCUT2D eigenvalue weighted by Gasteiger charge is -2.34. The highest BCUT2D eigenvalue weighted by atomic mass is 32.1. The number of carbonyl (C=O) groups is 1. The van der Waals surface area contributed by atoms with Crippen LogP contribution in [0.4, 0.5) is 5.13 Å². The summed E-state index contributed by atoms with van der Waals surface area (Å²) >= 11 is 1.39. The van der Waals surface area contributed by atoms with Crippen molar-refractivity contribution >= 4 is 33.3 Å². The molecule has 3 heterocycles. The van der Waals surface area contributed by atoms with E-state index in [0.717, 1.165) is 30.0 Å². The predicted molar refractivity (Wildman–Crippen MR) is 113 cm³/mol. The number of amides is 1. The van der Waals surface area contributed by atoms with Crippen LogP contribution in [0.25, 0.3) is 10.9 Å². The molecule has 0 radical (unpaired) electrons. The lowest BCUT2D eigenvalue weighted by molar-refractivity contribution is -0.117. The van der Waals surface area contributed by atoms with Crippen LogP contribution in [0.1, 0.15) is 26.0 Å². The maximum Gasteiger partial charge on any atom is 0.278 e. The fraction of sp³-hybridized carbons (Fsp3) is 0.450. The molecule has 0 aliphatic carbocycles. The zero-order valence-corrected chi connectivity index (χ0v) is 17.4. The number of thiazole rings is 1. The van der Waals surface area contributed by atoms with E-state index in [-0.39, 0.29) is 18.0 Å². The molecule has 1 aliphatic heterocycles. The molecule has 0 saturated carbocycles. The first-order chi connectivity index (χ1) is 14.0. The number of anilines is 1. The Labute approximate surface area is 172 Å². The minimum absolute atomic E-state index is 0.202. The number of fused-ring (bicyclic) bond motifs is 1. The van der Waals surface area contributed by atoms with Gasteiger partial charge < -0.3 is 5.32 Å². The number of hydrogen-bond acceptors (Lipinski definition) is 7. The van der Waals surface area contributed by atoms with Gasteiger partial charge in [-0.25, -0.2) is 9.67 Å². The molecule has 152 valence electrons. The third kappa shape index (κ3) is 4.68. The Morgan fingerprint density at radius 2 is 2.00 bits per heavy atom. The number of piperidine rings is 1. The Morgan fingerprint density at radius 1 is 1.24 bits per heavy atom. The van der Waals surface area contributed by atoms with Crippen LogP contribution in [0.3, 0.4) is 0 Å². The smallest absolute Gasteiger partial charge is 0.278 e. The summed E-state index contributed by atoms with van der Waals surface area (Å²) in [4.78, 5) is 31.8. The molecule has 0 bridgehead atoms. The molecule has 0 spiro atoms. The highest BCUT2D eigenvalue weighted by Gasteiger charge is 2.22. The standard InChI is InChI=1S/C20H24N6O2S/c1-13-7-14(2)9-25(8-13)10-15-12-29-20(21-15)22-18(27)11-26-19(28)16-5-3-4-6-17(16)23-24-26/h3-6,12-14H,7-11H2,1-2H3,(H,21,22,27)/t13-,14-/m0/s1. The maximum atomic E-state index is 12.5. The summed E-state index contributed by atoms with van der Waals surface area (Å²) in [5, 5.41) is 13.6. The van der Waals surface area contributed by atoms with Crippen LogP contribution in [-0.2, 0) is 17.9 Å². The van der Waals surface area contributed by atoms with E-state index < -0.39 is 0 Å². The quantitative estimate of drug-likeness (QED) is 0.692. The number of nitrogens with one attached hydrogen (secondary N) is 1. The van der Waals surface area contributed by atoms with Gasteiger partial charge in [-0.3, -0.25) is 14.5 Å². The fourth-order valence-electron chi connectivity index (χ4n) is 4.01. The third-order valence-corrected chi connectivity index (χ3v) is 5.86. The summed E-state index contributed by atoms with van der Waals surface area (Å²) in [7, 11) is 0. The van der Waals surface area contributed by atoms with Gasteiger partial charge in [0, 0.05) is 25.0 Å². The van der Waals surface area contributed by atoms with E-state index >= 15 is 0 Å². The summed E-state index contributed by atoms with van der Waals surface area (Å²) in [5.41, 5.74) is 1.13.